The Balaban J connectivity index is 1.91. The summed E-state index contributed by atoms with van der Waals surface area (Å²) >= 11 is 0. The molecule has 1 saturated carbocycles. The number of pyridine rings is 1. The number of ether oxygens (including phenoxy) is 1. The number of aliphatic hydroxyl groups is 1. The van der Waals surface area contributed by atoms with Crippen LogP contribution in [-0.2, 0) is 17.9 Å². The Morgan fingerprint density at radius 1 is 1.26 bits per heavy atom. The van der Waals surface area contributed by atoms with Crippen molar-refractivity contribution in [1.82, 2.24) is 14.5 Å². The van der Waals surface area contributed by atoms with E-state index in [1.807, 2.05) is 31.3 Å². The molecule has 5 nitrogen and oxygen atoms in total. The third-order valence-corrected chi connectivity index (χ3v) is 4.73. The van der Waals surface area contributed by atoms with Gasteiger partial charge in [0.25, 0.3) is 0 Å². The zero-order chi connectivity index (χ0) is 15.9. The van der Waals surface area contributed by atoms with Gasteiger partial charge in [-0.25, -0.2) is 4.98 Å². The van der Waals surface area contributed by atoms with E-state index < -0.39 is 5.60 Å². The Kier molecular flexibility index (Phi) is 3.54. The molecule has 0 amide bonds. The smallest absolute Gasteiger partial charge is 0.136 e. The lowest BCUT2D eigenvalue weighted by Gasteiger charge is -2.37. The third kappa shape index (κ3) is 2.50. The van der Waals surface area contributed by atoms with E-state index in [-0.39, 0.29) is 0 Å². The van der Waals surface area contributed by atoms with Crippen molar-refractivity contribution >= 4 is 21.9 Å². The van der Waals surface area contributed by atoms with Crippen molar-refractivity contribution < 1.29 is 9.84 Å². The normalized spacial score (nSPS) is 16.8. The number of imidazole rings is 1. The highest BCUT2D eigenvalue weighted by molar-refractivity contribution is 6.02. The molecule has 0 radical (unpaired) electrons. The summed E-state index contributed by atoms with van der Waals surface area (Å²) in [6, 6.07) is 8.08. The first-order valence-corrected chi connectivity index (χ1v) is 8.23. The van der Waals surface area contributed by atoms with E-state index in [1.54, 1.807) is 0 Å². The number of fused-ring (bicyclic) bond motifs is 3. The molecule has 3 aromatic rings. The minimum Gasteiger partial charge on any atom is -0.388 e. The lowest BCUT2D eigenvalue weighted by atomic mass is 9.80. The van der Waals surface area contributed by atoms with E-state index in [9.17, 15) is 5.11 Å². The van der Waals surface area contributed by atoms with E-state index in [4.69, 9.17) is 9.72 Å². The van der Waals surface area contributed by atoms with Gasteiger partial charge in [0.05, 0.1) is 29.4 Å². The second kappa shape index (κ2) is 5.58. The third-order valence-electron chi connectivity index (χ3n) is 4.73. The van der Waals surface area contributed by atoms with Crippen LogP contribution in [0.1, 0.15) is 32.0 Å². The molecule has 1 N–H and O–H groups in total. The van der Waals surface area contributed by atoms with E-state index in [0.29, 0.717) is 19.8 Å². The minimum atomic E-state index is -0.612. The Labute approximate surface area is 134 Å². The molecule has 1 aliphatic rings. The minimum absolute atomic E-state index is 0.454. The number of aromatic nitrogens is 3. The van der Waals surface area contributed by atoms with Crippen LogP contribution in [0.5, 0.6) is 0 Å². The molecular weight excluding hydrogens is 290 g/mol. The SMILES string of the molecule is CCOCc1nc2cnc3ccccc3c2n1CC1(O)CCC1. The highest BCUT2D eigenvalue weighted by atomic mass is 16.5. The van der Waals surface area contributed by atoms with Gasteiger partial charge in [0, 0.05) is 12.0 Å². The molecule has 1 aliphatic carbocycles. The largest absolute Gasteiger partial charge is 0.388 e. The Morgan fingerprint density at radius 2 is 2.09 bits per heavy atom. The van der Waals surface area contributed by atoms with Gasteiger partial charge < -0.3 is 14.4 Å². The Morgan fingerprint density at radius 3 is 2.83 bits per heavy atom. The predicted octanol–water partition coefficient (Wildman–Crippen LogP) is 3.04. The van der Waals surface area contributed by atoms with Gasteiger partial charge in [-0.3, -0.25) is 4.98 Å². The molecule has 0 bridgehead atoms. The molecule has 0 atom stereocenters. The first kappa shape index (κ1) is 14.6. The molecule has 2 aromatic heterocycles. The predicted molar refractivity (Wildman–Crippen MR) is 89.2 cm³/mol. The van der Waals surface area contributed by atoms with Gasteiger partial charge in [-0.1, -0.05) is 18.2 Å². The van der Waals surface area contributed by atoms with E-state index in [0.717, 1.165) is 47.0 Å². The van der Waals surface area contributed by atoms with Gasteiger partial charge in [-0.15, -0.1) is 0 Å². The molecule has 0 unspecified atom stereocenters. The summed E-state index contributed by atoms with van der Waals surface area (Å²) in [7, 11) is 0. The number of nitrogens with zero attached hydrogens (tertiary/aromatic N) is 3. The van der Waals surface area contributed by atoms with Crippen LogP contribution >= 0.6 is 0 Å². The average Bonchev–Trinajstić information content (AvgIpc) is 2.89. The van der Waals surface area contributed by atoms with Gasteiger partial charge in [0.1, 0.15) is 17.9 Å². The number of hydrogen-bond acceptors (Lipinski definition) is 4. The van der Waals surface area contributed by atoms with Crippen molar-refractivity contribution in [1.29, 1.82) is 0 Å². The first-order valence-electron chi connectivity index (χ1n) is 8.23. The van der Waals surface area contributed by atoms with Crippen LogP contribution < -0.4 is 0 Å². The molecule has 0 saturated heterocycles. The fraction of sp³-hybridized carbons (Fsp3) is 0.444. The summed E-state index contributed by atoms with van der Waals surface area (Å²) in [4.78, 5) is 9.20. The van der Waals surface area contributed by atoms with Gasteiger partial charge in [0.15, 0.2) is 0 Å². The average molecular weight is 311 g/mol. The Bertz CT molecular complexity index is 852. The zero-order valence-electron chi connectivity index (χ0n) is 13.3. The molecule has 2 heterocycles. The Hall–Kier alpha value is -1.98. The standard InChI is InChI=1S/C18H21N3O2/c1-2-23-11-16-20-15-10-19-14-7-4-3-6-13(14)17(15)21(16)12-18(22)8-5-9-18/h3-4,6-7,10,22H,2,5,8-9,11-12H2,1H3. The van der Waals surface area contributed by atoms with Crippen LogP contribution in [0.25, 0.3) is 21.9 Å². The van der Waals surface area contributed by atoms with Crippen molar-refractivity contribution in [2.75, 3.05) is 6.61 Å². The van der Waals surface area contributed by atoms with E-state index in [2.05, 4.69) is 15.6 Å². The summed E-state index contributed by atoms with van der Waals surface area (Å²) in [5.74, 6) is 0.861. The molecule has 4 rings (SSSR count). The van der Waals surface area contributed by atoms with Crippen LogP contribution in [0, 0.1) is 0 Å². The maximum Gasteiger partial charge on any atom is 0.136 e. The fourth-order valence-electron chi connectivity index (χ4n) is 3.32. The van der Waals surface area contributed by atoms with Crippen LogP contribution in [0.15, 0.2) is 30.5 Å². The molecule has 1 aromatic carbocycles. The summed E-state index contributed by atoms with van der Waals surface area (Å²) in [5.41, 5.74) is 2.25. The maximum absolute atomic E-state index is 10.7. The van der Waals surface area contributed by atoms with Gasteiger partial charge in [0.2, 0.25) is 0 Å². The summed E-state index contributed by atoms with van der Waals surface area (Å²) in [5, 5.41) is 11.7. The second-order valence-electron chi connectivity index (χ2n) is 6.34. The first-order chi connectivity index (χ1) is 11.2. The summed E-state index contributed by atoms with van der Waals surface area (Å²) < 4.78 is 7.72. The van der Waals surface area contributed by atoms with Crippen LogP contribution in [0.2, 0.25) is 0 Å². The van der Waals surface area contributed by atoms with Crippen molar-refractivity contribution in [3.05, 3.63) is 36.3 Å². The van der Waals surface area contributed by atoms with Gasteiger partial charge in [-0.05, 0) is 32.3 Å². The van der Waals surface area contributed by atoms with Crippen LogP contribution in [-0.4, -0.2) is 31.8 Å². The monoisotopic (exact) mass is 311 g/mol. The van der Waals surface area contributed by atoms with Crippen molar-refractivity contribution in [3.8, 4) is 0 Å². The van der Waals surface area contributed by atoms with Crippen LogP contribution in [0.3, 0.4) is 0 Å². The molecule has 5 heteroatoms. The zero-order valence-corrected chi connectivity index (χ0v) is 13.3. The highest BCUT2D eigenvalue weighted by Gasteiger charge is 2.36. The molecule has 23 heavy (non-hydrogen) atoms. The lowest BCUT2D eigenvalue weighted by Crippen LogP contribution is -2.41. The fourth-order valence-corrected chi connectivity index (χ4v) is 3.32. The summed E-state index contributed by atoms with van der Waals surface area (Å²) in [6.07, 6.45) is 4.61. The van der Waals surface area contributed by atoms with Crippen molar-refractivity contribution in [2.24, 2.45) is 0 Å². The molecular formula is C18H21N3O2. The number of hydrogen-bond donors (Lipinski definition) is 1. The topological polar surface area (TPSA) is 60.2 Å². The summed E-state index contributed by atoms with van der Waals surface area (Å²) in [6.45, 7) is 3.64. The molecule has 120 valence electrons. The van der Waals surface area contributed by atoms with E-state index in [1.165, 1.54) is 0 Å². The van der Waals surface area contributed by atoms with Crippen LogP contribution in [0.4, 0.5) is 0 Å². The highest BCUT2D eigenvalue weighted by Crippen LogP contribution is 2.35. The molecule has 1 fully saturated rings. The molecule has 0 spiro atoms. The second-order valence-corrected chi connectivity index (χ2v) is 6.34. The lowest BCUT2D eigenvalue weighted by molar-refractivity contribution is -0.0477. The van der Waals surface area contributed by atoms with Crippen molar-refractivity contribution in [2.45, 2.75) is 44.9 Å². The number of rotatable bonds is 5. The number of benzene rings is 1. The maximum atomic E-state index is 10.7. The van der Waals surface area contributed by atoms with Crippen molar-refractivity contribution in [3.63, 3.8) is 0 Å². The number of para-hydroxylation sites is 1. The molecule has 0 aliphatic heterocycles. The van der Waals surface area contributed by atoms with Gasteiger partial charge >= 0.3 is 0 Å². The van der Waals surface area contributed by atoms with Gasteiger partial charge in [-0.2, -0.15) is 0 Å². The quantitative estimate of drug-likeness (QED) is 0.787. The van der Waals surface area contributed by atoms with E-state index >= 15 is 0 Å².